The molecule has 0 aliphatic heterocycles. The number of benzene rings is 2. The van der Waals surface area contributed by atoms with Gasteiger partial charge in [0.15, 0.2) is 0 Å². The van der Waals surface area contributed by atoms with Gasteiger partial charge in [-0.05, 0) is 43.9 Å². The summed E-state index contributed by atoms with van der Waals surface area (Å²) in [6, 6.07) is 18.2. The Bertz CT molecular complexity index is 545. The molecule has 0 heterocycles. The summed E-state index contributed by atoms with van der Waals surface area (Å²) < 4.78 is 0. The van der Waals surface area contributed by atoms with Crippen LogP contribution in [0.2, 0.25) is 0 Å². The van der Waals surface area contributed by atoms with Gasteiger partial charge in [0.1, 0.15) is 0 Å². The Morgan fingerprint density at radius 3 is 2.30 bits per heavy atom. The fourth-order valence-corrected chi connectivity index (χ4v) is 2.84. The molecule has 2 aromatic carbocycles. The maximum atomic E-state index is 3.76. The first-order valence-corrected chi connectivity index (χ1v) is 7.50. The van der Waals surface area contributed by atoms with E-state index in [0.29, 0.717) is 12.1 Å². The van der Waals surface area contributed by atoms with Gasteiger partial charge in [-0.15, -0.1) is 0 Å². The Hall–Kier alpha value is -1.60. The molecule has 0 saturated carbocycles. The molecule has 1 heteroatoms. The highest BCUT2D eigenvalue weighted by Crippen LogP contribution is 2.24. The molecule has 0 fully saturated rings. The van der Waals surface area contributed by atoms with E-state index in [9.17, 15) is 0 Å². The highest BCUT2D eigenvalue weighted by Gasteiger charge is 2.14. The van der Waals surface area contributed by atoms with Crippen LogP contribution in [-0.4, -0.2) is 0 Å². The molecule has 0 spiro atoms. The Morgan fingerprint density at radius 2 is 1.70 bits per heavy atom. The van der Waals surface area contributed by atoms with Gasteiger partial charge in [0.2, 0.25) is 0 Å². The van der Waals surface area contributed by atoms with Gasteiger partial charge < -0.3 is 5.32 Å². The summed E-state index contributed by atoms with van der Waals surface area (Å²) in [5.74, 6) is 0. The third kappa shape index (κ3) is 3.49. The lowest BCUT2D eigenvalue weighted by Gasteiger charge is -2.24. The van der Waals surface area contributed by atoms with Crippen LogP contribution in [0.15, 0.2) is 48.5 Å². The lowest BCUT2D eigenvalue weighted by atomic mass is 9.97. The Balaban J connectivity index is 2.15. The van der Waals surface area contributed by atoms with Crippen LogP contribution >= 0.6 is 0 Å². The van der Waals surface area contributed by atoms with Gasteiger partial charge >= 0.3 is 0 Å². The fraction of sp³-hybridized carbons (Fsp3) is 0.368. The predicted octanol–water partition coefficient (Wildman–Crippen LogP) is 5.11. The van der Waals surface area contributed by atoms with E-state index >= 15 is 0 Å². The van der Waals surface area contributed by atoms with Gasteiger partial charge in [-0.1, -0.05) is 61.0 Å². The first-order valence-electron chi connectivity index (χ1n) is 7.50. The highest BCUT2D eigenvalue weighted by molar-refractivity contribution is 5.33. The SMILES string of the molecule is CCC(NC(C)c1ccc(C)cc1C)c1ccccc1. The number of aryl methyl sites for hydroxylation is 2. The highest BCUT2D eigenvalue weighted by atomic mass is 14.9. The van der Waals surface area contributed by atoms with E-state index in [1.807, 2.05) is 0 Å². The second kappa shape index (κ2) is 6.71. The predicted molar refractivity (Wildman–Crippen MR) is 86.9 cm³/mol. The molecule has 20 heavy (non-hydrogen) atoms. The second-order valence-corrected chi connectivity index (χ2v) is 5.62. The maximum absolute atomic E-state index is 3.76. The van der Waals surface area contributed by atoms with Gasteiger partial charge in [0, 0.05) is 12.1 Å². The molecule has 1 N–H and O–H groups in total. The van der Waals surface area contributed by atoms with E-state index in [0.717, 1.165) is 6.42 Å². The van der Waals surface area contributed by atoms with Gasteiger partial charge in [0.25, 0.3) is 0 Å². The third-order valence-corrected chi connectivity index (χ3v) is 3.95. The van der Waals surface area contributed by atoms with Crippen LogP contribution < -0.4 is 5.32 Å². The van der Waals surface area contributed by atoms with Gasteiger partial charge in [-0.2, -0.15) is 0 Å². The van der Waals surface area contributed by atoms with Crippen LogP contribution in [0.25, 0.3) is 0 Å². The van der Waals surface area contributed by atoms with E-state index < -0.39 is 0 Å². The summed E-state index contributed by atoms with van der Waals surface area (Å²) in [7, 11) is 0. The van der Waals surface area contributed by atoms with Crippen molar-refractivity contribution in [1.29, 1.82) is 0 Å². The molecule has 0 radical (unpaired) electrons. The zero-order valence-electron chi connectivity index (χ0n) is 13.0. The van der Waals surface area contributed by atoms with Gasteiger partial charge in [0.05, 0.1) is 0 Å². The van der Waals surface area contributed by atoms with E-state index in [-0.39, 0.29) is 0 Å². The van der Waals surface area contributed by atoms with Crippen molar-refractivity contribution >= 4 is 0 Å². The summed E-state index contributed by atoms with van der Waals surface area (Å²) in [5, 5.41) is 3.76. The van der Waals surface area contributed by atoms with Crippen LogP contribution in [0.3, 0.4) is 0 Å². The van der Waals surface area contributed by atoms with Crippen LogP contribution in [0.1, 0.15) is 54.6 Å². The summed E-state index contributed by atoms with van der Waals surface area (Å²) in [6.07, 6.45) is 1.10. The topological polar surface area (TPSA) is 12.0 Å². The van der Waals surface area contributed by atoms with Crippen molar-refractivity contribution in [3.63, 3.8) is 0 Å². The van der Waals surface area contributed by atoms with Crippen LogP contribution in [0, 0.1) is 13.8 Å². The summed E-state index contributed by atoms with van der Waals surface area (Å²) in [4.78, 5) is 0. The van der Waals surface area contributed by atoms with Crippen LogP contribution in [-0.2, 0) is 0 Å². The molecule has 0 saturated heterocycles. The van der Waals surface area contributed by atoms with Crippen molar-refractivity contribution in [2.75, 3.05) is 0 Å². The van der Waals surface area contributed by atoms with E-state index in [1.165, 1.54) is 22.3 Å². The Labute approximate surface area is 123 Å². The molecule has 0 aliphatic carbocycles. The molecule has 2 rings (SSSR count). The second-order valence-electron chi connectivity index (χ2n) is 5.62. The first-order chi connectivity index (χ1) is 9.61. The monoisotopic (exact) mass is 267 g/mol. The van der Waals surface area contributed by atoms with Gasteiger partial charge in [-0.25, -0.2) is 0 Å². The number of rotatable bonds is 5. The Kier molecular flexibility index (Phi) is 4.97. The third-order valence-electron chi connectivity index (χ3n) is 3.95. The van der Waals surface area contributed by atoms with Crippen molar-refractivity contribution in [2.45, 2.75) is 46.2 Å². The van der Waals surface area contributed by atoms with Crippen molar-refractivity contribution in [2.24, 2.45) is 0 Å². The summed E-state index contributed by atoms with van der Waals surface area (Å²) in [5.41, 5.74) is 5.46. The smallest absolute Gasteiger partial charge is 0.0323 e. The summed E-state index contributed by atoms with van der Waals surface area (Å²) >= 11 is 0. The largest absolute Gasteiger partial charge is 0.303 e. The molecule has 0 aromatic heterocycles. The molecule has 0 bridgehead atoms. The zero-order chi connectivity index (χ0) is 14.5. The standard InChI is InChI=1S/C19H25N/c1-5-19(17-9-7-6-8-10-17)20-16(4)18-12-11-14(2)13-15(18)3/h6-13,16,19-20H,5H2,1-4H3. The fourth-order valence-electron chi connectivity index (χ4n) is 2.84. The van der Waals surface area contributed by atoms with Crippen LogP contribution in [0.5, 0.6) is 0 Å². The quantitative estimate of drug-likeness (QED) is 0.794. The maximum Gasteiger partial charge on any atom is 0.0323 e. The molecule has 106 valence electrons. The molecule has 2 unspecified atom stereocenters. The molecular weight excluding hydrogens is 242 g/mol. The average Bonchev–Trinajstić information content (AvgIpc) is 2.45. The molecule has 2 atom stereocenters. The molecule has 0 aliphatic rings. The van der Waals surface area contributed by atoms with Crippen molar-refractivity contribution < 1.29 is 0 Å². The van der Waals surface area contributed by atoms with E-state index in [1.54, 1.807) is 0 Å². The summed E-state index contributed by atoms with van der Waals surface area (Å²) in [6.45, 7) is 8.83. The molecule has 1 nitrogen and oxygen atoms in total. The normalized spacial score (nSPS) is 14.0. The zero-order valence-corrected chi connectivity index (χ0v) is 13.0. The molecule has 2 aromatic rings. The van der Waals surface area contributed by atoms with Gasteiger partial charge in [-0.3, -0.25) is 0 Å². The number of nitrogens with one attached hydrogen (secondary N) is 1. The van der Waals surface area contributed by atoms with E-state index in [4.69, 9.17) is 0 Å². The average molecular weight is 267 g/mol. The first kappa shape index (κ1) is 14.8. The van der Waals surface area contributed by atoms with Crippen molar-refractivity contribution in [3.05, 3.63) is 70.8 Å². The minimum absolute atomic E-state index is 0.362. The Morgan fingerprint density at radius 1 is 1.00 bits per heavy atom. The molecular formula is C19H25N. The minimum Gasteiger partial charge on any atom is -0.303 e. The lowest BCUT2D eigenvalue weighted by Crippen LogP contribution is -2.24. The van der Waals surface area contributed by atoms with Crippen LogP contribution in [0.4, 0.5) is 0 Å². The van der Waals surface area contributed by atoms with Crippen molar-refractivity contribution in [1.82, 2.24) is 5.32 Å². The lowest BCUT2D eigenvalue weighted by molar-refractivity contribution is 0.455. The molecule has 0 amide bonds. The number of hydrogen-bond donors (Lipinski definition) is 1. The minimum atomic E-state index is 0.362. The number of hydrogen-bond acceptors (Lipinski definition) is 1. The van der Waals surface area contributed by atoms with Crippen molar-refractivity contribution in [3.8, 4) is 0 Å². The van der Waals surface area contributed by atoms with E-state index in [2.05, 4.69) is 81.5 Å².